The molecule has 0 radical (unpaired) electrons. The molecule has 0 saturated carbocycles. The van der Waals surface area contributed by atoms with Gasteiger partial charge in [-0.05, 0) is 31.0 Å². The summed E-state index contributed by atoms with van der Waals surface area (Å²) in [6, 6.07) is 6.83. The van der Waals surface area contributed by atoms with Gasteiger partial charge in [-0.3, -0.25) is 0 Å². The maximum atomic E-state index is 11.4. The van der Waals surface area contributed by atoms with E-state index in [9.17, 15) is 9.90 Å². The molecule has 1 atom stereocenters. The molecule has 0 aliphatic carbocycles. The minimum Gasteiger partial charge on any atom is -0.492 e. The number of carbonyl (C=O) groups is 1. The standard InChI is InChI=1S/C14H21ClN2O3/c1-2-12(18)6-7-16-14(19)17-8-9-20-13-5-3-4-11(15)10-13/h3-5,10,12,18H,2,6-9H2,1H3,(H2,16,17,19). The van der Waals surface area contributed by atoms with E-state index >= 15 is 0 Å². The van der Waals surface area contributed by atoms with Crippen LogP contribution in [0.15, 0.2) is 24.3 Å². The molecule has 0 heterocycles. The SMILES string of the molecule is CCC(O)CCNC(=O)NCCOc1cccc(Cl)c1. The summed E-state index contributed by atoms with van der Waals surface area (Å²) in [5, 5.41) is 15.3. The smallest absolute Gasteiger partial charge is 0.314 e. The normalized spacial score (nSPS) is 11.8. The molecule has 20 heavy (non-hydrogen) atoms. The van der Waals surface area contributed by atoms with Gasteiger partial charge in [0.15, 0.2) is 0 Å². The van der Waals surface area contributed by atoms with Gasteiger partial charge in [-0.2, -0.15) is 0 Å². The summed E-state index contributed by atoms with van der Waals surface area (Å²) in [6.45, 7) is 3.12. The van der Waals surface area contributed by atoms with Crippen molar-refractivity contribution in [3.05, 3.63) is 29.3 Å². The van der Waals surface area contributed by atoms with Gasteiger partial charge in [0.1, 0.15) is 12.4 Å². The zero-order chi connectivity index (χ0) is 14.8. The van der Waals surface area contributed by atoms with Crippen molar-refractivity contribution in [2.75, 3.05) is 19.7 Å². The Morgan fingerprint density at radius 3 is 2.85 bits per heavy atom. The lowest BCUT2D eigenvalue weighted by atomic mass is 10.2. The molecular formula is C14H21ClN2O3. The summed E-state index contributed by atoms with van der Waals surface area (Å²) in [6.07, 6.45) is 0.890. The number of aliphatic hydroxyl groups is 1. The zero-order valence-corrected chi connectivity index (χ0v) is 12.3. The number of nitrogens with one attached hydrogen (secondary N) is 2. The van der Waals surface area contributed by atoms with Crippen molar-refractivity contribution in [3.63, 3.8) is 0 Å². The van der Waals surface area contributed by atoms with Crippen molar-refractivity contribution >= 4 is 17.6 Å². The Morgan fingerprint density at radius 1 is 1.40 bits per heavy atom. The molecule has 1 aromatic rings. The fourth-order valence-corrected chi connectivity index (χ4v) is 1.69. The van der Waals surface area contributed by atoms with Gasteiger partial charge in [-0.25, -0.2) is 4.79 Å². The van der Waals surface area contributed by atoms with Crippen molar-refractivity contribution in [1.82, 2.24) is 10.6 Å². The minimum absolute atomic E-state index is 0.261. The Hall–Kier alpha value is -1.46. The number of rotatable bonds is 8. The number of halogens is 1. The Kier molecular flexibility index (Phi) is 7.84. The van der Waals surface area contributed by atoms with Crippen LogP contribution in [-0.2, 0) is 0 Å². The Balaban J connectivity index is 2.07. The van der Waals surface area contributed by atoms with Crippen LogP contribution < -0.4 is 15.4 Å². The Bertz CT molecular complexity index is 415. The van der Waals surface area contributed by atoms with Crippen LogP contribution in [-0.4, -0.2) is 36.9 Å². The largest absolute Gasteiger partial charge is 0.492 e. The van der Waals surface area contributed by atoms with E-state index in [1.165, 1.54) is 0 Å². The predicted molar refractivity (Wildman–Crippen MR) is 79.3 cm³/mol. The third-order valence-electron chi connectivity index (χ3n) is 2.69. The first-order valence-electron chi connectivity index (χ1n) is 6.70. The molecule has 2 amide bonds. The molecule has 0 fully saturated rings. The van der Waals surface area contributed by atoms with E-state index in [4.69, 9.17) is 16.3 Å². The van der Waals surface area contributed by atoms with Gasteiger partial charge in [0.25, 0.3) is 0 Å². The van der Waals surface area contributed by atoms with Crippen LogP contribution in [0.25, 0.3) is 0 Å². The van der Waals surface area contributed by atoms with Crippen LogP contribution in [0.3, 0.4) is 0 Å². The summed E-state index contributed by atoms with van der Waals surface area (Å²) in [4.78, 5) is 11.4. The van der Waals surface area contributed by atoms with E-state index < -0.39 is 0 Å². The molecule has 1 unspecified atom stereocenters. The number of amides is 2. The van der Waals surface area contributed by atoms with Crippen molar-refractivity contribution in [2.24, 2.45) is 0 Å². The van der Waals surface area contributed by atoms with Crippen molar-refractivity contribution in [1.29, 1.82) is 0 Å². The fourth-order valence-electron chi connectivity index (χ4n) is 1.51. The van der Waals surface area contributed by atoms with Crippen LogP contribution in [0.4, 0.5) is 4.79 Å². The van der Waals surface area contributed by atoms with Gasteiger partial charge in [0.05, 0.1) is 12.6 Å². The van der Waals surface area contributed by atoms with E-state index in [1.54, 1.807) is 24.3 Å². The van der Waals surface area contributed by atoms with Crippen molar-refractivity contribution in [2.45, 2.75) is 25.9 Å². The van der Waals surface area contributed by atoms with Gasteiger partial charge in [-0.15, -0.1) is 0 Å². The second-order valence-corrected chi connectivity index (χ2v) is 4.78. The van der Waals surface area contributed by atoms with Gasteiger partial charge in [0.2, 0.25) is 0 Å². The quantitative estimate of drug-likeness (QED) is 0.644. The summed E-state index contributed by atoms with van der Waals surface area (Å²) >= 11 is 5.82. The maximum Gasteiger partial charge on any atom is 0.314 e. The number of carbonyl (C=O) groups excluding carboxylic acids is 1. The molecular weight excluding hydrogens is 280 g/mol. The van der Waals surface area contributed by atoms with E-state index in [-0.39, 0.29) is 12.1 Å². The lowest BCUT2D eigenvalue weighted by molar-refractivity contribution is 0.160. The number of urea groups is 1. The molecule has 3 N–H and O–H groups in total. The first-order valence-corrected chi connectivity index (χ1v) is 7.07. The number of ether oxygens (including phenoxy) is 1. The average Bonchev–Trinajstić information content (AvgIpc) is 2.43. The number of aliphatic hydroxyl groups excluding tert-OH is 1. The molecule has 0 aliphatic rings. The summed E-state index contributed by atoms with van der Waals surface area (Å²) in [5.74, 6) is 0.672. The lowest BCUT2D eigenvalue weighted by Crippen LogP contribution is -2.38. The minimum atomic E-state index is -0.360. The van der Waals surface area contributed by atoms with Gasteiger partial charge in [-0.1, -0.05) is 24.6 Å². The molecule has 0 aromatic heterocycles. The predicted octanol–water partition coefficient (Wildman–Crippen LogP) is 2.18. The van der Waals surface area contributed by atoms with Crippen LogP contribution in [0.2, 0.25) is 5.02 Å². The highest BCUT2D eigenvalue weighted by atomic mass is 35.5. The summed E-state index contributed by atoms with van der Waals surface area (Å²) in [5.41, 5.74) is 0. The maximum absolute atomic E-state index is 11.4. The Labute approximate surface area is 124 Å². The van der Waals surface area contributed by atoms with Crippen LogP contribution in [0, 0.1) is 0 Å². The molecule has 0 bridgehead atoms. The Morgan fingerprint density at radius 2 is 2.15 bits per heavy atom. The highest BCUT2D eigenvalue weighted by Crippen LogP contribution is 2.16. The molecule has 5 nitrogen and oxygen atoms in total. The number of hydrogen-bond acceptors (Lipinski definition) is 3. The third kappa shape index (κ3) is 7.21. The lowest BCUT2D eigenvalue weighted by Gasteiger charge is -2.10. The third-order valence-corrected chi connectivity index (χ3v) is 2.92. The highest BCUT2D eigenvalue weighted by molar-refractivity contribution is 6.30. The van der Waals surface area contributed by atoms with Crippen LogP contribution >= 0.6 is 11.6 Å². The molecule has 0 saturated heterocycles. The highest BCUT2D eigenvalue weighted by Gasteiger charge is 2.03. The van der Waals surface area contributed by atoms with E-state index in [0.717, 1.165) is 0 Å². The molecule has 6 heteroatoms. The molecule has 0 aliphatic heterocycles. The number of benzene rings is 1. The van der Waals surface area contributed by atoms with E-state index in [1.807, 2.05) is 6.92 Å². The monoisotopic (exact) mass is 300 g/mol. The van der Waals surface area contributed by atoms with Crippen molar-refractivity contribution < 1.29 is 14.6 Å². The van der Waals surface area contributed by atoms with Gasteiger partial charge in [0, 0.05) is 11.6 Å². The zero-order valence-electron chi connectivity index (χ0n) is 11.6. The number of hydrogen-bond donors (Lipinski definition) is 3. The van der Waals surface area contributed by atoms with Crippen molar-refractivity contribution in [3.8, 4) is 5.75 Å². The first kappa shape index (κ1) is 16.6. The molecule has 112 valence electrons. The summed E-state index contributed by atoms with van der Waals surface area (Å²) in [7, 11) is 0. The van der Waals surface area contributed by atoms with Crippen LogP contribution in [0.1, 0.15) is 19.8 Å². The second-order valence-electron chi connectivity index (χ2n) is 4.34. The van der Waals surface area contributed by atoms with Gasteiger partial charge < -0.3 is 20.5 Å². The molecule has 1 rings (SSSR count). The second kappa shape index (κ2) is 9.44. The van der Waals surface area contributed by atoms with E-state index in [0.29, 0.717) is 43.3 Å². The van der Waals surface area contributed by atoms with Gasteiger partial charge >= 0.3 is 6.03 Å². The summed E-state index contributed by atoms with van der Waals surface area (Å²) < 4.78 is 5.43. The first-order chi connectivity index (χ1) is 9.61. The fraction of sp³-hybridized carbons (Fsp3) is 0.500. The van der Waals surface area contributed by atoms with E-state index in [2.05, 4.69) is 10.6 Å². The average molecular weight is 301 g/mol. The molecule has 0 spiro atoms. The molecule has 1 aromatic carbocycles. The van der Waals surface area contributed by atoms with Crippen LogP contribution in [0.5, 0.6) is 5.75 Å². The topological polar surface area (TPSA) is 70.6 Å².